The number of para-hydroxylation sites is 2. The fourth-order valence-corrected chi connectivity index (χ4v) is 5.92. The molecule has 0 aliphatic rings. The van der Waals surface area contributed by atoms with E-state index >= 15 is 0 Å². The lowest BCUT2D eigenvalue weighted by Crippen LogP contribution is -2.15. The van der Waals surface area contributed by atoms with Crippen LogP contribution in [0.4, 0.5) is 11.4 Å². The Labute approximate surface area is 281 Å². The van der Waals surface area contributed by atoms with E-state index in [0.29, 0.717) is 57.4 Å². The van der Waals surface area contributed by atoms with Crippen molar-refractivity contribution in [2.75, 3.05) is 11.5 Å². The average Bonchev–Trinajstić information content (AvgIpc) is 3.40. The second kappa shape index (κ2) is 13.2. The first-order valence-corrected chi connectivity index (χ1v) is 15.7. The van der Waals surface area contributed by atoms with Crippen molar-refractivity contribution in [1.29, 1.82) is 0 Å². The molecular weight excluding hydrogens is 626 g/mol. The van der Waals surface area contributed by atoms with E-state index in [1.54, 1.807) is 24.3 Å². The van der Waals surface area contributed by atoms with Gasteiger partial charge in [-0.15, -0.1) is 0 Å². The van der Waals surface area contributed by atoms with E-state index in [4.69, 9.17) is 32.6 Å². The van der Waals surface area contributed by atoms with Crippen LogP contribution < -0.4 is 22.3 Å². The highest BCUT2D eigenvalue weighted by Crippen LogP contribution is 2.27. The Morgan fingerprint density at radius 3 is 1.69 bits per heavy atom. The molecule has 7 aromatic rings. The van der Waals surface area contributed by atoms with Gasteiger partial charge in [-0.1, -0.05) is 53.2 Å². The first kappa shape index (κ1) is 32.2. The van der Waals surface area contributed by atoms with Gasteiger partial charge in [-0.3, -0.25) is 9.59 Å². The van der Waals surface area contributed by atoms with E-state index in [1.807, 2.05) is 97.5 Å². The van der Waals surface area contributed by atoms with E-state index < -0.39 is 0 Å². The first-order valence-electron chi connectivity index (χ1n) is 15.3. The van der Waals surface area contributed by atoms with Gasteiger partial charge in [0.2, 0.25) is 0 Å². The molecule has 0 atom stereocenters. The molecule has 0 radical (unpaired) electrons. The highest BCUT2D eigenvalue weighted by molar-refractivity contribution is 6.29. The average molecular weight is 660 g/mol. The van der Waals surface area contributed by atoms with Crippen molar-refractivity contribution in [3.8, 4) is 11.3 Å². The van der Waals surface area contributed by atoms with E-state index in [-0.39, 0.29) is 10.9 Å². The molecule has 5 aromatic heterocycles. The summed E-state index contributed by atoms with van der Waals surface area (Å²) >= 11 is 5.98. The molecule has 5 heterocycles. The smallest absolute Gasteiger partial charge is 0.191 e. The van der Waals surface area contributed by atoms with Crippen molar-refractivity contribution in [3.05, 3.63) is 144 Å². The van der Waals surface area contributed by atoms with E-state index in [9.17, 15) is 9.59 Å². The van der Waals surface area contributed by atoms with Crippen molar-refractivity contribution < 1.29 is 4.52 Å². The molecule has 4 N–H and O–H groups in total. The molecule has 2 aromatic carbocycles. The Morgan fingerprint density at radius 2 is 1.19 bits per heavy atom. The van der Waals surface area contributed by atoms with Gasteiger partial charge in [0, 0.05) is 34.9 Å². The lowest BCUT2D eigenvalue weighted by Gasteiger charge is -2.16. The van der Waals surface area contributed by atoms with Crippen molar-refractivity contribution >= 4 is 45.0 Å². The maximum atomic E-state index is 12.5. The second-order valence-corrected chi connectivity index (χ2v) is 12.0. The number of nitrogens with zero attached hydrogens (tertiary/aromatic N) is 5. The SMILES string of the molecule is Cc1cc(=O)c2ccc(Cl)nc2n1Cc1ccccc1N.Cc1noc(C)c1-c1ccc2c(=O)cc(C)n(Cc3ccccc3N)c2n1. The number of fused-ring (bicyclic) bond motifs is 2. The monoisotopic (exact) mass is 659 g/mol. The summed E-state index contributed by atoms with van der Waals surface area (Å²) in [6, 6.07) is 25.6. The first-order chi connectivity index (χ1) is 23.0. The summed E-state index contributed by atoms with van der Waals surface area (Å²) in [5.74, 6) is 0.702. The van der Waals surface area contributed by atoms with Gasteiger partial charge in [0.05, 0.1) is 40.8 Å². The summed E-state index contributed by atoms with van der Waals surface area (Å²) in [4.78, 5) is 33.7. The zero-order valence-electron chi connectivity index (χ0n) is 27.0. The van der Waals surface area contributed by atoms with Crippen LogP contribution >= 0.6 is 11.6 Å². The summed E-state index contributed by atoms with van der Waals surface area (Å²) < 4.78 is 9.25. The molecule has 0 aliphatic carbocycles. The molecule has 0 saturated heterocycles. The highest BCUT2D eigenvalue weighted by Gasteiger charge is 2.16. The predicted octanol–water partition coefficient (Wildman–Crippen LogP) is 6.60. The molecular formula is C37H34ClN7O3. The maximum Gasteiger partial charge on any atom is 0.191 e. The molecule has 10 nitrogen and oxygen atoms in total. The zero-order chi connectivity index (χ0) is 34.1. The largest absolute Gasteiger partial charge is 0.398 e. The van der Waals surface area contributed by atoms with E-state index in [0.717, 1.165) is 39.5 Å². The number of hydrogen-bond donors (Lipinski definition) is 2. The minimum Gasteiger partial charge on any atom is -0.398 e. The molecule has 0 bridgehead atoms. The molecule has 0 amide bonds. The minimum atomic E-state index is -0.0519. The van der Waals surface area contributed by atoms with Gasteiger partial charge < -0.3 is 25.1 Å². The summed E-state index contributed by atoms with van der Waals surface area (Å²) in [5, 5.41) is 5.50. The predicted molar refractivity (Wildman–Crippen MR) is 191 cm³/mol. The van der Waals surface area contributed by atoms with Gasteiger partial charge in [-0.05, 0) is 75.2 Å². The van der Waals surface area contributed by atoms with Crippen molar-refractivity contribution in [1.82, 2.24) is 24.3 Å². The van der Waals surface area contributed by atoms with Crippen LogP contribution in [0, 0.1) is 27.7 Å². The molecule has 48 heavy (non-hydrogen) atoms. The molecule has 0 spiro atoms. The number of aromatic nitrogens is 5. The third-order valence-electron chi connectivity index (χ3n) is 8.35. The molecule has 11 heteroatoms. The van der Waals surface area contributed by atoms with Crippen LogP contribution in [0.5, 0.6) is 0 Å². The van der Waals surface area contributed by atoms with Crippen LogP contribution in [-0.4, -0.2) is 24.3 Å². The summed E-state index contributed by atoms with van der Waals surface area (Å²) in [5.41, 5.74) is 20.6. The number of aryl methyl sites for hydroxylation is 4. The van der Waals surface area contributed by atoms with Crippen molar-refractivity contribution in [2.45, 2.75) is 40.8 Å². The van der Waals surface area contributed by atoms with Gasteiger partial charge in [0.15, 0.2) is 10.9 Å². The van der Waals surface area contributed by atoms with Gasteiger partial charge in [0.25, 0.3) is 0 Å². The van der Waals surface area contributed by atoms with Gasteiger partial charge >= 0.3 is 0 Å². The Morgan fingerprint density at radius 1 is 0.688 bits per heavy atom. The standard InChI is InChI=1S/C21H20N4O2.C16H14ClN3O/c1-12-10-19(26)16-8-9-18(20-13(2)24-27-14(20)3)23-21(16)25(12)11-15-6-4-5-7-17(15)22;1-10-8-14(21)12-6-7-15(17)19-16(12)20(10)9-11-4-2-3-5-13(11)18/h4-10H,11,22H2,1-3H3;2-8H,9,18H2,1H3. The quantitative estimate of drug-likeness (QED) is 0.155. The molecule has 7 rings (SSSR count). The van der Waals surface area contributed by atoms with Crippen LogP contribution in [0.1, 0.15) is 34.0 Å². The van der Waals surface area contributed by atoms with Crippen LogP contribution in [0.3, 0.4) is 0 Å². The fraction of sp³-hybridized carbons (Fsp3) is 0.162. The van der Waals surface area contributed by atoms with E-state index in [2.05, 4.69) is 10.1 Å². The molecule has 0 saturated carbocycles. The number of hydrogen-bond acceptors (Lipinski definition) is 8. The van der Waals surface area contributed by atoms with Gasteiger partial charge in [-0.2, -0.15) is 0 Å². The normalized spacial score (nSPS) is 11.1. The minimum absolute atomic E-state index is 0.0439. The van der Waals surface area contributed by atoms with Gasteiger partial charge in [-0.25, -0.2) is 9.97 Å². The van der Waals surface area contributed by atoms with E-state index in [1.165, 1.54) is 0 Å². The van der Waals surface area contributed by atoms with Crippen LogP contribution in [0.15, 0.2) is 99.0 Å². The molecule has 0 unspecified atom stereocenters. The third-order valence-corrected chi connectivity index (χ3v) is 8.56. The Hall–Kier alpha value is -5.74. The molecule has 0 fully saturated rings. The number of benzene rings is 2. The molecule has 242 valence electrons. The number of nitrogen functional groups attached to an aromatic ring is 2. The van der Waals surface area contributed by atoms with Crippen molar-refractivity contribution in [3.63, 3.8) is 0 Å². The Balaban J connectivity index is 0.000000173. The fourth-order valence-electron chi connectivity index (χ4n) is 5.78. The summed E-state index contributed by atoms with van der Waals surface area (Å²) in [7, 11) is 0. The highest BCUT2D eigenvalue weighted by atomic mass is 35.5. The summed E-state index contributed by atoms with van der Waals surface area (Å²) in [6.07, 6.45) is 0. The van der Waals surface area contributed by atoms with Crippen LogP contribution in [0.2, 0.25) is 5.15 Å². The Bertz CT molecular complexity index is 2430. The second-order valence-electron chi connectivity index (χ2n) is 11.6. The number of pyridine rings is 4. The maximum absolute atomic E-state index is 12.5. The lowest BCUT2D eigenvalue weighted by atomic mass is 10.1. The summed E-state index contributed by atoms with van der Waals surface area (Å²) in [6.45, 7) is 8.60. The number of anilines is 2. The zero-order valence-corrected chi connectivity index (χ0v) is 27.7. The van der Waals surface area contributed by atoms with Crippen molar-refractivity contribution in [2.24, 2.45) is 0 Å². The number of nitrogens with two attached hydrogens (primary N) is 2. The lowest BCUT2D eigenvalue weighted by molar-refractivity contribution is 0.393. The molecule has 0 aliphatic heterocycles. The number of rotatable bonds is 5. The topological polar surface area (TPSA) is 148 Å². The van der Waals surface area contributed by atoms with Crippen LogP contribution in [-0.2, 0) is 13.1 Å². The number of halogens is 1. The third kappa shape index (κ3) is 6.30. The van der Waals surface area contributed by atoms with Crippen LogP contribution in [0.25, 0.3) is 33.3 Å². The van der Waals surface area contributed by atoms with Gasteiger partial charge in [0.1, 0.15) is 22.2 Å². The Kier molecular flexibility index (Phi) is 8.84.